The van der Waals surface area contributed by atoms with Crippen molar-refractivity contribution in [3.8, 4) is 0 Å². The molecule has 14 heteroatoms. The zero-order chi connectivity index (χ0) is 41.7. The number of methoxy groups -OCH3 is 2. The monoisotopic (exact) mass is 880 g/mol. The van der Waals surface area contributed by atoms with Crippen LogP contribution >= 0.6 is 54.8 Å². The third-order valence-electron chi connectivity index (χ3n) is 8.34. The maximum atomic E-state index is 9.64. The van der Waals surface area contributed by atoms with Gasteiger partial charge >= 0.3 is 0 Å². The van der Waals surface area contributed by atoms with Crippen molar-refractivity contribution in [2.24, 2.45) is 0 Å². The summed E-state index contributed by atoms with van der Waals surface area (Å²) in [6, 6.07) is 13.1. The second-order valence-corrected chi connectivity index (χ2v) is 20.8. The quantitative estimate of drug-likeness (QED) is 0.0431. The number of benzene rings is 2. The molecule has 0 saturated heterocycles. The number of ether oxygens (including phenoxy) is 6. The van der Waals surface area contributed by atoms with Gasteiger partial charge in [-0.1, -0.05) is 69.2 Å². The number of alkyl halides is 1. The van der Waals surface area contributed by atoms with Crippen molar-refractivity contribution in [2.45, 2.75) is 76.4 Å². The van der Waals surface area contributed by atoms with E-state index < -0.39 is 0 Å². The molecule has 2 rings (SSSR count). The molecule has 2 aromatic rings. The third-order valence-corrected chi connectivity index (χ3v) is 13.8. The van der Waals surface area contributed by atoms with Gasteiger partial charge in [0.25, 0.3) is 0 Å². The van der Waals surface area contributed by atoms with Crippen LogP contribution in [0.5, 0.6) is 0 Å². The molecule has 0 aliphatic carbocycles. The summed E-state index contributed by atoms with van der Waals surface area (Å²) < 4.78 is 32.6. The van der Waals surface area contributed by atoms with Gasteiger partial charge in [0.1, 0.15) is 0 Å². The van der Waals surface area contributed by atoms with Crippen molar-refractivity contribution < 1.29 is 33.5 Å². The van der Waals surface area contributed by atoms with Gasteiger partial charge in [-0.2, -0.15) is 0 Å². The van der Waals surface area contributed by atoms with Gasteiger partial charge in [0, 0.05) is 67.1 Å². The molecule has 0 aliphatic heterocycles. The van der Waals surface area contributed by atoms with Gasteiger partial charge in [-0.3, -0.25) is 0 Å². The molecule has 9 nitrogen and oxygen atoms in total. The SMILES string of the molecule is CCc1cc(CCl)cc(N(CCOCCOCCOC)CC(C)(C)SSC)c1.CCc1cc(CO)cc(N(CCOCCOCCOC)CC(C)(C)SSC)c1. The van der Waals surface area contributed by atoms with E-state index in [9.17, 15) is 5.11 Å². The van der Waals surface area contributed by atoms with Crippen LogP contribution in [0.1, 0.15) is 63.8 Å². The minimum absolute atomic E-state index is 0.0624. The van der Waals surface area contributed by atoms with E-state index in [4.69, 9.17) is 40.0 Å². The van der Waals surface area contributed by atoms with Crippen LogP contribution in [-0.4, -0.2) is 134 Å². The van der Waals surface area contributed by atoms with Crippen LogP contribution in [0.15, 0.2) is 36.4 Å². The van der Waals surface area contributed by atoms with E-state index in [1.807, 2.05) is 32.4 Å². The summed E-state index contributed by atoms with van der Waals surface area (Å²) in [5.41, 5.74) is 7.07. The Morgan fingerprint density at radius 3 is 1.27 bits per heavy atom. The van der Waals surface area contributed by atoms with E-state index in [0.717, 1.165) is 50.3 Å². The molecule has 1 N–H and O–H groups in total. The average Bonchev–Trinajstić information content (AvgIpc) is 3.18. The predicted molar refractivity (Wildman–Crippen MR) is 249 cm³/mol. The van der Waals surface area contributed by atoms with E-state index in [1.54, 1.807) is 25.0 Å². The molecular formula is C42H73ClN2O7S4. The van der Waals surface area contributed by atoms with Gasteiger partial charge in [-0.15, -0.1) is 11.6 Å². The molecule has 0 radical (unpaired) electrons. The summed E-state index contributed by atoms with van der Waals surface area (Å²) in [5.74, 6) is 0.535. The van der Waals surface area contributed by atoms with Crippen molar-refractivity contribution >= 4 is 66.2 Å². The highest BCUT2D eigenvalue weighted by Crippen LogP contribution is 2.36. The van der Waals surface area contributed by atoms with Crippen molar-refractivity contribution in [3.05, 3.63) is 58.7 Å². The van der Waals surface area contributed by atoms with E-state index >= 15 is 0 Å². The lowest BCUT2D eigenvalue weighted by Gasteiger charge is -2.33. The molecular weight excluding hydrogens is 808 g/mol. The average molecular weight is 882 g/mol. The van der Waals surface area contributed by atoms with Crippen LogP contribution in [0.3, 0.4) is 0 Å². The lowest BCUT2D eigenvalue weighted by Crippen LogP contribution is -2.38. The van der Waals surface area contributed by atoms with Gasteiger partial charge in [0.2, 0.25) is 0 Å². The molecule has 0 atom stereocenters. The van der Waals surface area contributed by atoms with E-state index in [0.29, 0.717) is 71.9 Å². The zero-order valence-corrected chi connectivity index (χ0v) is 40.0. The Hall–Kier alpha value is -0.550. The molecule has 2 aromatic carbocycles. The Bertz CT molecular complexity index is 1140. The highest BCUT2D eigenvalue weighted by atomic mass is 35.5. The predicted octanol–water partition coefficient (Wildman–Crippen LogP) is 9.28. The number of hydrogen-bond acceptors (Lipinski definition) is 13. The minimum Gasteiger partial charge on any atom is -0.392 e. The Morgan fingerprint density at radius 2 is 0.911 bits per heavy atom. The molecule has 0 bridgehead atoms. The fourth-order valence-electron chi connectivity index (χ4n) is 5.73. The van der Waals surface area contributed by atoms with Crippen LogP contribution in [0.2, 0.25) is 0 Å². The standard InChI is InChI=1S/C21H36ClNO3S2.C21H37NO4S2/c1-6-18-13-19(16-22)15-20(14-18)23(17-21(2,3)28-27-5)7-8-25-11-12-26-10-9-24-4;1-6-18-13-19(16-23)15-20(14-18)22(17-21(2,3)28-27-5)7-8-25-11-12-26-10-9-24-4/h13-15H,6-12,16-17H2,1-5H3;13-15,23H,6-12,16-17H2,1-5H3. The summed E-state index contributed by atoms with van der Waals surface area (Å²) in [4.78, 5) is 4.79. The van der Waals surface area contributed by atoms with Crippen LogP contribution in [0.25, 0.3) is 0 Å². The Balaban J connectivity index is 0.000000560. The maximum absolute atomic E-state index is 9.64. The number of nitrogens with zero attached hydrogens (tertiary/aromatic N) is 2. The maximum Gasteiger partial charge on any atom is 0.0701 e. The number of aryl methyl sites for hydroxylation is 2. The number of halogens is 1. The van der Waals surface area contributed by atoms with Gasteiger partial charge in [-0.25, -0.2) is 0 Å². The summed E-state index contributed by atoms with van der Waals surface area (Å²) in [6.45, 7) is 23.1. The Labute approximate surface area is 361 Å². The van der Waals surface area contributed by atoms with Crippen molar-refractivity contribution in [3.63, 3.8) is 0 Å². The fourth-order valence-corrected chi connectivity index (χ4v) is 10.2. The topological polar surface area (TPSA) is 82.1 Å². The first-order valence-corrected chi connectivity index (χ1v) is 25.2. The summed E-state index contributed by atoms with van der Waals surface area (Å²) in [7, 11) is 10.7. The van der Waals surface area contributed by atoms with Gasteiger partial charge in [0.15, 0.2) is 0 Å². The van der Waals surface area contributed by atoms with Crippen molar-refractivity contribution in [2.75, 3.05) is 129 Å². The van der Waals surface area contributed by atoms with Gasteiger partial charge in [-0.05, 0) is 99.6 Å². The van der Waals surface area contributed by atoms with Crippen LogP contribution in [0, 0.1) is 0 Å². The first-order chi connectivity index (χ1) is 26.9. The van der Waals surface area contributed by atoms with Crippen molar-refractivity contribution in [1.29, 1.82) is 0 Å². The smallest absolute Gasteiger partial charge is 0.0701 e. The lowest BCUT2D eigenvalue weighted by atomic mass is 10.1. The number of hydrogen-bond donors (Lipinski definition) is 1. The molecule has 0 fully saturated rings. The second-order valence-electron chi connectivity index (χ2n) is 14.3. The van der Waals surface area contributed by atoms with E-state index in [1.165, 1.54) is 22.4 Å². The minimum atomic E-state index is 0.0624. The first kappa shape index (κ1) is 53.5. The van der Waals surface area contributed by atoms with Gasteiger partial charge in [0.05, 0.1) is 72.7 Å². The summed E-state index contributed by atoms with van der Waals surface area (Å²) >= 11 is 6.14. The number of aliphatic hydroxyl groups excluding tert-OH is 1. The van der Waals surface area contributed by atoms with E-state index in [-0.39, 0.29) is 16.1 Å². The Kier molecular flexibility index (Phi) is 30.8. The normalized spacial score (nSPS) is 11.8. The molecule has 0 saturated carbocycles. The van der Waals surface area contributed by atoms with Crippen LogP contribution in [-0.2, 0) is 53.7 Å². The lowest BCUT2D eigenvalue weighted by molar-refractivity contribution is 0.0264. The van der Waals surface area contributed by atoms with Crippen molar-refractivity contribution in [1.82, 2.24) is 0 Å². The molecule has 0 spiro atoms. The molecule has 0 aromatic heterocycles. The highest BCUT2D eigenvalue weighted by molar-refractivity contribution is 8.77. The number of rotatable bonds is 32. The first-order valence-electron chi connectivity index (χ1n) is 19.6. The molecule has 0 aliphatic rings. The molecule has 324 valence electrons. The summed E-state index contributed by atoms with van der Waals surface area (Å²) in [6.07, 6.45) is 6.20. The fraction of sp³-hybridized carbons (Fsp3) is 0.714. The van der Waals surface area contributed by atoms with Gasteiger partial charge < -0.3 is 43.3 Å². The van der Waals surface area contributed by atoms with Crippen LogP contribution in [0.4, 0.5) is 11.4 Å². The molecule has 0 amide bonds. The second kappa shape index (κ2) is 32.3. The molecule has 56 heavy (non-hydrogen) atoms. The Morgan fingerprint density at radius 1 is 0.554 bits per heavy atom. The molecule has 0 unspecified atom stereocenters. The number of anilines is 2. The third kappa shape index (κ3) is 24.5. The van der Waals surface area contributed by atoms with E-state index in [2.05, 4.69) is 100 Å². The largest absolute Gasteiger partial charge is 0.392 e. The number of aliphatic hydroxyl groups is 1. The van der Waals surface area contributed by atoms with Crippen LogP contribution < -0.4 is 9.80 Å². The molecule has 0 heterocycles. The zero-order valence-electron chi connectivity index (χ0n) is 36.0. The summed E-state index contributed by atoms with van der Waals surface area (Å²) in [5, 5.41) is 9.64. The highest BCUT2D eigenvalue weighted by Gasteiger charge is 2.24.